The van der Waals surface area contributed by atoms with Crippen LogP contribution in [0.5, 0.6) is 0 Å². The molecular formula is C19H27N3O4. The lowest BCUT2D eigenvalue weighted by Crippen LogP contribution is -2.45. The number of hydrogen-bond donors (Lipinski definition) is 3. The first-order chi connectivity index (χ1) is 12.2. The van der Waals surface area contributed by atoms with Gasteiger partial charge in [0.15, 0.2) is 0 Å². The summed E-state index contributed by atoms with van der Waals surface area (Å²) < 4.78 is 0. The number of nitrogens with one attached hydrogen (secondary N) is 2. The molecule has 0 atom stereocenters. The van der Waals surface area contributed by atoms with Gasteiger partial charge in [-0.15, -0.1) is 0 Å². The first-order valence-corrected chi connectivity index (χ1v) is 8.83. The predicted molar refractivity (Wildman–Crippen MR) is 98.8 cm³/mol. The summed E-state index contributed by atoms with van der Waals surface area (Å²) in [5.74, 6) is -0.806. The number of hydrogen-bond acceptors (Lipinski definition) is 3. The number of benzene rings is 1. The normalized spacial score (nSPS) is 13.8. The lowest BCUT2D eigenvalue weighted by Gasteiger charge is -2.25. The van der Waals surface area contributed by atoms with Gasteiger partial charge in [0.05, 0.1) is 0 Å². The van der Waals surface area contributed by atoms with Gasteiger partial charge in [-0.25, -0.2) is 4.79 Å². The van der Waals surface area contributed by atoms with Crippen LogP contribution in [0.25, 0.3) is 0 Å². The molecule has 7 heteroatoms. The molecule has 1 fully saturated rings. The molecule has 7 nitrogen and oxygen atoms in total. The van der Waals surface area contributed by atoms with Gasteiger partial charge >= 0.3 is 12.0 Å². The summed E-state index contributed by atoms with van der Waals surface area (Å²) in [5.41, 5.74) is 1.04. The average Bonchev–Trinajstić information content (AvgIpc) is 3.36. The maximum atomic E-state index is 12.1. The van der Waals surface area contributed by atoms with Crippen molar-refractivity contribution in [1.29, 1.82) is 0 Å². The summed E-state index contributed by atoms with van der Waals surface area (Å²) in [4.78, 5) is 36.3. The molecule has 0 unspecified atom stereocenters. The highest BCUT2D eigenvalue weighted by Gasteiger charge is 2.30. The molecule has 0 heterocycles. The van der Waals surface area contributed by atoms with Gasteiger partial charge in [0.2, 0.25) is 5.91 Å². The van der Waals surface area contributed by atoms with Gasteiger partial charge in [-0.1, -0.05) is 12.1 Å². The first-order valence-electron chi connectivity index (χ1n) is 8.83. The molecular weight excluding hydrogens is 334 g/mol. The van der Waals surface area contributed by atoms with Crippen LogP contribution < -0.4 is 10.6 Å². The number of nitrogens with zero attached hydrogens (tertiary/aromatic N) is 1. The number of carbonyl (C=O) groups excluding carboxylic acids is 2. The molecule has 1 saturated carbocycles. The van der Waals surface area contributed by atoms with Crippen LogP contribution in [0.1, 0.15) is 52.0 Å². The number of carboxylic acids is 1. The third-order valence-electron chi connectivity index (χ3n) is 4.37. The van der Waals surface area contributed by atoms with E-state index in [-0.39, 0.29) is 18.4 Å². The summed E-state index contributed by atoms with van der Waals surface area (Å²) in [6.07, 6.45) is 2.47. The Morgan fingerprint density at radius 1 is 1.19 bits per heavy atom. The van der Waals surface area contributed by atoms with Gasteiger partial charge < -0.3 is 20.6 Å². The molecule has 3 N–H and O–H groups in total. The largest absolute Gasteiger partial charge is 0.481 e. The zero-order chi connectivity index (χ0) is 19.3. The number of carbonyl (C=O) groups is 3. The Labute approximate surface area is 153 Å². The molecule has 0 aromatic heterocycles. The number of urea groups is 1. The Kier molecular flexibility index (Phi) is 6.23. The molecule has 1 aromatic rings. The number of anilines is 1. The van der Waals surface area contributed by atoms with Crippen LogP contribution in [0.15, 0.2) is 24.3 Å². The first kappa shape index (κ1) is 19.8. The van der Waals surface area contributed by atoms with Gasteiger partial charge in [-0.05, 0) is 50.8 Å². The SMILES string of the molecule is CC(=O)N(Cc1ccc(NC(=O)NC(C)(C)CCC(=O)O)cc1)C1CC1. The van der Waals surface area contributed by atoms with Crippen molar-refractivity contribution >= 4 is 23.6 Å². The summed E-state index contributed by atoms with van der Waals surface area (Å²) in [5, 5.41) is 14.3. The van der Waals surface area contributed by atoms with Gasteiger partial charge in [0, 0.05) is 37.2 Å². The fourth-order valence-corrected chi connectivity index (χ4v) is 2.73. The molecule has 2 rings (SSSR count). The van der Waals surface area contributed by atoms with Crippen molar-refractivity contribution in [1.82, 2.24) is 10.2 Å². The van der Waals surface area contributed by atoms with Gasteiger partial charge in [0.25, 0.3) is 0 Å². The van der Waals surface area contributed by atoms with E-state index in [0.717, 1.165) is 18.4 Å². The second kappa shape index (κ2) is 8.21. The summed E-state index contributed by atoms with van der Waals surface area (Å²) in [6, 6.07) is 7.36. The zero-order valence-corrected chi connectivity index (χ0v) is 15.5. The topological polar surface area (TPSA) is 98.7 Å². The summed E-state index contributed by atoms with van der Waals surface area (Å²) in [6.45, 7) is 5.74. The maximum Gasteiger partial charge on any atom is 0.319 e. The average molecular weight is 361 g/mol. The smallest absolute Gasteiger partial charge is 0.319 e. The summed E-state index contributed by atoms with van der Waals surface area (Å²) in [7, 11) is 0. The monoisotopic (exact) mass is 361 g/mol. The highest BCUT2D eigenvalue weighted by Crippen LogP contribution is 2.28. The third kappa shape index (κ3) is 6.38. The van der Waals surface area contributed by atoms with Gasteiger partial charge in [0.1, 0.15) is 0 Å². The Bertz CT molecular complexity index is 666. The van der Waals surface area contributed by atoms with E-state index in [1.165, 1.54) is 0 Å². The van der Waals surface area contributed by atoms with E-state index < -0.39 is 11.5 Å². The second-order valence-electron chi connectivity index (χ2n) is 7.43. The molecule has 0 radical (unpaired) electrons. The van der Waals surface area contributed by atoms with Gasteiger partial charge in [-0.2, -0.15) is 0 Å². The zero-order valence-electron chi connectivity index (χ0n) is 15.5. The van der Waals surface area contributed by atoms with E-state index >= 15 is 0 Å². The van der Waals surface area contributed by atoms with Crippen LogP contribution in [0.2, 0.25) is 0 Å². The molecule has 1 aromatic carbocycles. The predicted octanol–water partition coefficient (Wildman–Crippen LogP) is 2.96. The lowest BCUT2D eigenvalue weighted by molar-refractivity contribution is -0.137. The van der Waals surface area contributed by atoms with E-state index in [1.807, 2.05) is 17.0 Å². The maximum absolute atomic E-state index is 12.1. The fourth-order valence-electron chi connectivity index (χ4n) is 2.73. The van der Waals surface area contributed by atoms with Crippen molar-refractivity contribution < 1.29 is 19.5 Å². The van der Waals surface area contributed by atoms with Crippen LogP contribution in [0.4, 0.5) is 10.5 Å². The minimum absolute atomic E-state index is 0.00435. The lowest BCUT2D eigenvalue weighted by atomic mass is 9.99. The minimum Gasteiger partial charge on any atom is -0.481 e. The van der Waals surface area contributed by atoms with E-state index in [0.29, 0.717) is 24.7 Å². The molecule has 0 spiro atoms. The van der Waals surface area contributed by atoms with Crippen molar-refractivity contribution in [2.24, 2.45) is 0 Å². The van der Waals surface area contributed by atoms with Gasteiger partial charge in [-0.3, -0.25) is 9.59 Å². The Morgan fingerprint density at radius 3 is 2.31 bits per heavy atom. The van der Waals surface area contributed by atoms with Crippen LogP contribution in [-0.4, -0.2) is 39.5 Å². The highest BCUT2D eigenvalue weighted by molar-refractivity contribution is 5.89. The van der Waals surface area contributed by atoms with E-state index in [4.69, 9.17) is 5.11 Å². The van der Waals surface area contributed by atoms with Crippen LogP contribution >= 0.6 is 0 Å². The van der Waals surface area contributed by atoms with E-state index in [1.54, 1.807) is 32.9 Å². The molecule has 3 amide bonds. The Balaban J connectivity index is 1.87. The molecule has 0 saturated heterocycles. The van der Waals surface area contributed by atoms with Crippen LogP contribution in [0, 0.1) is 0 Å². The summed E-state index contributed by atoms with van der Waals surface area (Å²) >= 11 is 0. The minimum atomic E-state index is -0.887. The third-order valence-corrected chi connectivity index (χ3v) is 4.37. The Hall–Kier alpha value is -2.57. The molecule has 26 heavy (non-hydrogen) atoms. The number of aliphatic carboxylic acids is 1. The van der Waals surface area contributed by atoms with Crippen molar-refractivity contribution in [3.05, 3.63) is 29.8 Å². The number of amides is 3. The molecule has 1 aliphatic carbocycles. The van der Waals surface area contributed by atoms with Crippen molar-refractivity contribution in [3.63, 3.8) is 0 Å². The van der Waals surface area contributed by atoms with Crippen molar-refractivity contribution in [2.75, 3.05) is 5.32 Å². The molecule has 0 bridgehead atoms. The highest BCUT2D eigenvalue weighted by atomic mass is 16.4. The molecule has 1 aliphatic rings. The van der Waals surface area contributed by atoms with E-state index in [2.05, 4.69) is 10.6 Å². The van der Waals surface area contributed by atoms with Crippen LogP contribution in [-0.2, 0) is 16.1 Å². The molecule has 0 aliphatic heterocycles. The standard InChI is InChI=1S/C19H27N3O4/c1-13(23)22(16-8-9-16)12-14-4-6-15(7-5-14)20-18(26)21-19(2,3)11-10-17(24)25/h4-7,16H,8-12H2,1-3H3,(H,24,25)(H2,20,21,26). The fraction of sp³-hybridized carbons (Fsp3) is 0.526. The van der Waals surface area contributed by atoms with Crippen molar-refractivity contribution in [3.8, 4) is 0 Å². The number of rotatable bonds is 8. The van der Waals surface area contributed by atoms with Crippen LogP contribution in [0.3, 0.4) is 0 Å². The quantitative estimate of drug-likeness (QED) is 0.663. The Morgan fingerprint density at radius 2 is 1.81 bits per heavy atom. The second-order valence-corrected chi connectivity index (χ2v) is 7.43. The molecule has 142 valence electrons. The number of carboxylic acid groups (broad SMARTS) is 1. The van der Waals surface area contributed by atoms with Crippen molar-refractivity contribution in [2.45, 2.75) is 64.6 Å². The van der Waals surface area contributed by atoms with E-state index in [9.17, 15) is 14.4 Å².